The molecule has 84 heavy (non-hydrogen) atoms. The zero-order chi connectivity index (χ0) is 61.6. The van der Waals surface area contributed by atoms with Gasteiger partial charge in [0.1, 0.15) is 43.8 Å². The monoisotopic (exact) mass is 1220 g/mol. The lowest BCUT2D eigenvalue weighted by Crippen LogP contribution is -2.17. The Morgan fingerprint density at radius 3 is 1.00 bits per heavy atom. The minimum absolute atomic E-state index is 0.225. The molecule has 0 N–H and O–H groups in total. The van der Waals surface area contributed by atoms with Crippen LogP contribution in [0.25, 0.3) is 9.75 Å². The van der Waals surface area contributed by atoms with E-state index in [4.69, 9.17) is 47.1 Å². The van der Waals surface area contributed by atoms with Crippen molar-refractivity contribution < 1.29 is 56.7 Å². The smallest absolute Gasteiger partial charge is 0.336 e. The number of thiophene rings is 2. The fourth-order valence-corrected chi connectivity index (χ4v) is 14.3. The minimum atomic E-state index is -1.81. The number of rotatable bonds is 29. The summed E-state index contributed by atoms with van der Waals surface area (Å²) in [5.41, 5.74) is 6.79. The summed E-state index contributed by atoms with van der Waals surface area (Å²) in [5.74, 6) is 3.39. The van der Waals surface area contributed by atoms with Crippen molar-refractivity contribution in [1.82, 2.24) is 0 Å². The molecule has 6 aromatic rings. The van der Waals surface area contributed by atoms with Gasteiger partial charge in [0.05, 0.1) is 26.4 Å². The zero-order valence-electron chi connectivity index (χ0n) is 52.3. The first kappa shape index (κ1) is 67.4. The van der Waals surface area contributed by atoms with Crippen molar-refractivity contribution in [3.63, 3.8) is 0 Å². The van der Waals surface area contributed by atoms with Crippen LogP contribution in [0.2, 0.25) is 0 Å². The summed E-state index contributed by atoms with van der Waals surface area (Å²) < 4.78 is 41.2. The van der Waals surface area contributed by atoms with Gasteiger partial charge in [0.2, 0.25) is 0 Å². The van der Waals surface area contributed by atoms with Gasteiger partial charge in [-0.05, 0) is 133 Å². The maximum Gasteiger partial charge on any atom is 0.336 e. The molecule has 0 aliphatic carbocycles. The van der Waals surface area contributed by atoms with E-state index in [0.717, 1.165) is 63.5 Å². The van der Waals surface area contributed by atoms with E-state index in [0.29, 0.717) is 86.6 Å². The van der Waals surface area contributed by atoms with Crippen LogP contribution in [0, 0.1) is 0 Å². The quantitative estimate of drug-likeness (QED) is 0.0146. The first-order chi connectivity index (χ1) is 39.6. The molecular weight excluding hydrogens is 1130 g/mol. The number of benzene rings is 4. The first-order valence-electron chi connectivity index (χ1n) is 28.9. The lowest BCUT2D eigenvalue weighted by Gasteiger charge is -2.28. The van der Waals surface area contributed by atoms with Crippen LogP contribution < -0.4 is 27.3 Å². The van der Waals surface area contributed by atoms with Gasteiger partial charge in [-0.1, -0.05) is 145 Å². The molecule has 12 nitrogen and oxygen atoms in total. The van der Waals surface area contributed by atoms with Gasteiger partial charge in [0.25, 0.3) is 0 Å². The van der Waals surface area contributed by atoms with Gasteiger partial charge in [0.15, 0.2) is 0 Å². The van der Waals surface area contributed by atoms with Crippen LogP contribution in [0.5, 0.6) is 23.0 Å². The third kappa shape index (κ3) is 19.7. The van der Waals surface area contributed by atoms with Gasteiger partial charge in [-0.25, -0.2) is 0 Å². The molecular formula is C68H88O12P2S2. The van der Waals surface area contributed by atoms with E-state index in [9.17, 15) is 9.59 Å². The summed E-state index contributed by atoms with van der Waals surface area (Å²) in [6, 6.07) is 33.2. The lowest BCUT2D eigenvalue weighted by molar-refractivity contribution is -0.258. The minimum Gasteiger partial charge on any atom is -0.466 e. The fourth-order valence-electron chi connectivity index (χ4n) is 8.95. The standard InChI is InChI=1S/C68H88O12P2S2/c1-19-71-61(69)35-27-47-23-29-55(51(41-47)65(7,8)9)77-81(78-56-30-24-48(28-36-62(70)72-20-2)42-52(56)66(10,11)12)63-37-33-59(83-63)60-34-38-64(84-60)82(79-57-31-25-49(39-45(5)75-73-21-3)43-53(57)67(13,14)15)80-58-32-26-50(40-46(6)76-74-22-4)44-54(58)68(16,17)18/h23-26,29-34,37-38,41-44H,5-6,19-22,27-28,35-36,39-40H2,1-4,7-18H3. The second-order valence-electron chi connectivity index (χ2n) is 24.5. The molecule has 0 saturated heterocycles. The Balaban J connectivity index is 1.44. The van der Waals surface area contributed by atoms with Gasteiger partial charge in [-0.15, -0.1) is 22.7 Å². The molecule has 454 valence electrons. The summed E-state index contributed by atoms with van der Waals surface area (Å²) in [7, 11) is -3.60. The van der Waals surface area contributed by atoms with Crippen molar-refractivity contribution in [3.8, 4) is 32.8 Å². The van der Waals surface area contributed by atoms with Crippen LogP contribution in [-0.2, 0) is 86.0 Å². The molecule has 0 radical (unpaired) electrons. The van der Waals surface area contributed by atoms with Gasteiger partial charge in [0, 0.05) is 57.7 Å². The SMILES string of the molecule is C=C(Cc1ccc(OP(Oc2ccc(CC(=C)OOCC)cc2C(C)(C)C)c2ccc(-c3ccc(P(Oc4ccc(CCC(=O)OCC)cc4C(C)(C)C)Oc4ccc(CCC(=O)OCC)cc4C(C)(C)C)s3)s2)c(C(C)(C)C)c1)OOCC. The summed E-state index contributed by atoms with van der Waals surface area (Å²) in [6.07, 6.45) is 2.58. The Labute approximate surface area is 510 Å². The maximum absolute atomic E-state index is 12.4. The second kappa shape index (κ2) is 30.1. The van der Waals surface area contributed by atoms with E-state index in [1.807, 2.05) is 76.2 Å². The zero-order valence-corrected chi connectivity index (χ0v) is 55.8. The Morgan fingerprint density at radius 1 is 0.417 bits per heavy atom. The molecule has 0 spiro atoms. The van der Waals surface area contributed by atoms with Gasteiger partial charge in [-0.3, -0.25) is 9.59 Å². The second-order valence-corrected chi connectivity index (χ2v) is 30.0. The van der Waals surface area contributed by atoms with Crippen LogP contribution in [0.3, 0.4) is 0 Å². The van der Waals surface area contributed by atoms with E-state index < -0.39 is 16.8 Å². The molecule has 0 amide bonds. The van der Waals surface area contributed by atoms with Crippen LogP contribution in [0.15, 0.2) is 122 Å². The van der Waals surface area contributed by atoms with Crippen molar-refractivity contribution in [1.29, 1.82) is 0 Å². The molecule has 0 aliphatic heterocycles. The van der Waals surface area contributed by atoms with Crippen molar-refractivity contribution in [3.05, 3.63) is 166 Å². The number of hydrogen-bond donors (Lipinski definition) is 0. The summed E-state index contributed by atoms with van der Waals surface area (Å²) in [5, 5.41) is 0. The third-order valence-electron chi connectivity index (χ3n) is 13.2. The first-order valence-corrected chi connectivity index (χ1v) is 32.9. The molecule has 2 heterocycles. The fraction of sp³-hybridized carbons (Fsp3) is 0.441. The molecule has 2 aromatic heterocycles. The topological polar surface area (TPSA) is 126 Å². The molecule has 16 heteroatoms. The summed E-state index contributed by atoms with van der Waals surface area (Å²) in [4.78, 5) is 48.2. The van der Waals surface area contributed by atoms with Crippen LogP contribution in [0.4, 0.5) is 0 Å². The van der Waals surface area contributed by atoms with Crippen molar-refractivity contribution in [2.75, 3.05) is 26.4 Å². The molecule has 0 saturated carbocycles. The average Bonchev–Trinajstić information content (AvgIpc) is 3.93. The van der Waals surface area contributed by atoms with E-state index in [-0.39, 0.29) is 46.4 Å². The van der Waals surface area contributed by atoms with E-state index in [1.54, 1.807) is 22.7 Å². The number of carbonyl (C=O) groups excluding carboxylic acids is 2. The molecule has 0 unspecified atom stereocenters. The van der Waals surface area contributed by atoms with Crippen LogP contribution >= 0.6 is 39.4 Å². The normalized spacial score (nSPS) is 12.1. The number of ether oxygens (including phenoxy) is 2. The van der Waals surface area contributed by atoms with Gasteiger partial charge < -0.3 is 37.3 Å². The maximum atomic E-state index is 12.4. The highest BCUT2D eigenvalue weighted by Gasteiger charge is 2.32. The Bertz CT molecular complexity index is 3010. The molecule has 0 aliphatic rings. The molecule has 4 aromatic carbocycles. The predicted molar refractivity (Wildman–Crippen MR) is 345 cm³/mol. The highest BCUT2D eigenvalue weighted by Crippen LogP contribution is 2.51. The highest BCUT2D eigenvalue weighted by molar-refractivity contribution is 7.66. The summed E-state index contributed by atoms with van der Waals surface area (Å²) >= 11 is 3.25. The van der Waals surface area contributed by atoms with Crippen molar-refractivity contribution >= 4 is 60.6 Å². The number of aryl methyl sites for hydroxylation is 2. The Hall–Kier alpha value is -5.72. The number of esters is 2. The van der Waals surface area contributed by atoms with Crippen LogP contribution in [-0.4, -0.2) is 38.4 Å². The lowest BCUT2D eigenvalue weighted by atomic mass is 9.85. The van der Waals surface area contributed by atoms with E-state index in [1.165, 1.54) is 0 Å². The largest absolute Gasteiger partial charge is 0.466 e. The predicted octanol–water partition coefficient (Wildman–Crippen LogP) is 17.9. The highest BCUT2D eigenvalue weighted by atomic mass is 32.1. The van der Waals surface area contributed by atoms with Crippen molar-refractivity contribution in [2.24, 2.45) is 0 Å². The van der Waals surface area contributed by atoms with Crippen molar-refractivity contribution in [2.45, 2.75) is 171 Å². The summed E-state index contributed by atoms with van der Waals surface area (Å²) in [6.45, 7) is 43.1. The molecule has 0 bridgehead atoms. The van der Waals surface area contributed by atoms with Gasteiger partial charge >= 0.3 is 28.7 Å². The Kier molecular flexibility index (Phi) is 24.1. The Morgan fingerprint density at radius 2 is 0.714 bits per heavy atom. The number of allylic oxidation sites excluding steroid dienone is 2. The van der Waals surface area contributed by atoms with Gasteiger partial charge in [-0.2, -0.15) is 9.78 Å². The molecule has 0 atom stereocenters. The molecule has 6 rings (SSSR count). The van der Waals surface area contributed by atoms with Crippen LogP contribution in [0.1, 0.15) is 168 Å². The van der Waals surface area contributed by atoms with E-state index in [2.05, 4.69) is 145 Å². The number of carbonyl (C=O) groups is 2. The molecule has 0 fully saturated rings. The average molecular weight is 1220 g/mol. The van der Waals surface area contributed by atoms with E-state index >= 15 is 0 Å². The number of hydrogen-bond acceptors (Lipinski definition) is 14. The third-order valence-corrected chi connectivity index (χ3v) is 19.0.